The minimum absolute atomic E-state index is 0.139. The number of ether oxygens (including phenoxy) is 1. The van der Waals surface area contributed by atoms with Crippen LogP contribution in [0.25, 0.3) is 0 Å². The highest BCUT2D eigenvalue weighted by Gasteiger charge is 2.54. The zero-order valence-electron chi connectivity index (χ0n) is 18.0. The van der Waals surface area contributed by atoms with Crippen LogP contribution >= 0.6 is 0 Å². The number of hydrogen-bond acceptors (Lipinski definition) is 5. The first-order valence-electron chi connectivity index (χ1n) is 11.0. The number of rotatable bonds is 7. The molecule has 4 bridgehead atoms. The van der Waals surface area contributed by atoms with Gasteiger partial charge >= 0.3 is 5.97 Å². The van der Waals surface area contributed by atoms with Crippen molar-refractivity contribution in [2.75, 3.05) is 32.1 Å². The quantitative estimate of drug-likeness (QED) is 0.643. The van der Waals surface area contributed by atoms with Crippen LogP contribution in [0.5, 0.6) is 0 Å². The van der Waals surface area contributed by atoms with Gasteiger partial charge in [0.25, 0.3) is 5.91 Å². The van der Waals surface area contributed by atoms with Gasteiger partial charge in [0.05, 0.1) is 18.1 Å². The van der Waals surface area contributed by atoms with E-state index in [4.69, 9.17) is 10.00 Å². The first-order valence-corrected chi connectivity index (χ1v) is 11.0. The number of carbonyl (C=O) groups excluding carboxylic acids is 2. The number of hydrogen-bond donors (Lipinski definition) is 0. The van der Waals surface area contributed by atoms with E-state index in [9.17, 15) is 9.59 Å². The van der Waals surface area contributed by atoms with Gasteiger partial charge in [-0.1, -0.05) is 6.07 Å². The fraction of sp³-hybridized carbons (Fsp3) is 0.625. The normalized spacial score (nSPS) is 28.6. The highest BCUT2D eigenvalue weighted by Crippen LogP contribution is 2.57. The second kappa shape index (κ2) is 8.29. The van der Waals surface area contributed by atoms with Gasteiger partial charge in [-0.25, -0.2) is 4.79 Å². The lowest BCUT2D eigenvalue weighted by Crippen LogP contribution is -2.62. The largest absolute Gasteiger partial charge is 0.452 e. The van der Waals surface area contributed by atoms with Crippen LogP contribution < -0.4 is 4.90 Å². The standard InChI is InChI=1S/C24H31N3O3/c1-26(2)21-6-3-5-20(12-21)23(29)30-16-22(28)27(8-4-7-25)24-13-17-9-18(14-24)11-19(10-17)15-24/h3,5-6,12,17-19H,4,8-11,13-16H2,1-2H3. The fourth-order valence-corrected chi connectivity index (χ4v) is 6.38. The van der Waals surface area contributed by atoms with E-state index in [1.807, 2.05) is 36.0 Å². The van der Waals surface area contributed by atoms with Crippen LogP contribution in [0.2, 0.25) is 0 Å². The molecular formula is C24H31N3O3. The van der Waals surface area contributed by atoms with Gasteiger partial charge in [0.15, 0.2) is 6.61 Å². The SMILES string of the molecule is CN(C)c1cccc(C(=O)OCC(=O)N(CCC#N)C23CC4CC(CC(C4)C2)C3)c1. The van der Waals surface area contributed by atoms with Crippen molar-refractivity contribution in [1.82, 2.24) is 4.90 Å². The zero-order chi connectivity index (χ0) is 21.3. The van der Waals surface area contributed by atoms with Gasteiger partial charge in [-0.05, 0) is 74.5 Å². The van der Waals surface area contributed by atoms with Gasteiger partial charge < -0.3 is 14.5 Å². The van der Waals surface area contributed by atoms with Crippen molar-refractivity contribution in [3.63, 3.8) is 0 Å². The van der Waals surface area contributed by atoms with Crippen LogP contribution in [-0.2, 0) is 9.53 Å². The third-order valence-corrected chi connectivity index (χ3v) is 7.25. The summed E-state index contributed by atoms with van der Waals surface area (Å²) in [7, 11) is 3.82. The Labute approximate surface area is 178 Å². The molecule has 0 N–H and O–H groups in total. The van der Waals surface area contributed by atoms with E-state index in [0.29, 0.717) is 36.3 Å². The van der Waals surface area contributed by atoms with Crippen LogP contribution in [0.4, 0.5) is 5.69 Å². The summed E-state index contributed by atoms with van der Waals surface area (Å²) in [6.45, 7) is 0.160. The maximum absolute atomic E-state index is 13.2. The summed E-state index contributed by atoms with van der Waals surface area (Å²) in [5, 5.41) is 9.14. The Kier molecular flexibility index (Phi) is 5.73. The molecule has 1 aromatic rings. The Hall–Kier alpha value is -2.55. The molecule has 4 fully saturated rings. The molecule has 5 rings (SSSR count). The van der Waals surface area contributed by atoms with E-state index in [0.717, 1.165) is 24.9 Å². The lowest BCUT2D eigenvalue weighted by atomic mass is 9.52. The first kappa shape index (κ1) is 20.7. The average Bonchev–Trinajstić information content (AvgIpc) is 2.71. The van der Waals surface area contributed by atoms with Crippen molar-refractivity contribution in [3.8, 4) is 6.07 Å². The Morgan fingerprint density at radius 1 is 1.13 bits per heavy atom. The molecule has 0 saturated heterocycles. The van der Waals surface area contributed by atoms with Crippen molar-refractivity contribution in [1.29, 1.82) is 5.26 Å². The van der Waals surface area contributed by atoms with E-state index in [-0.39, 0.29) is 18.1 Å². The summed E-state index contributed by atoms with van der Waals surface area (Å²) >= 11 is 0. The zero-order valence-corrected chi connectivity index (χ0v) is 18.0. The molecule has 6 heteroatoms. The lowest BCUT2D eigenvalue weighted by Gasteiger charge is -2.60. The summed E-state index contributed by atoms with van der Waals surface area (Å²) < 4.78 is 5.42. The molecule has 0 aliphatic heterocycles. The minimum Gasteiger partial charge on any atom is -0.452 e. The summed E-state index contributed by atoms with van der Waals surface area (Å²) in [5.74, 6) is 1.45. The number of anilines is 1. The minimum atomic E-state index is -0.488. The van der Waals surface area contributed by atoms with Crippen LogP contribution in [0.1, 0.15) is 55.3 Å². The van der Waals surface area contributed by atoms with Crippen molar-refractivity contribution in [3.05, 3.63) is 29.8 Å². The van der Waals surface area contributed by atoms with Gasteiger partial charge in [-0.15, -0.1) is 0 Å². The molecule has 0 spiro atoms. The van der Waals surface area contributed by atoms with Crippen molar-refractivity contribution < 1.29 is 14.3 Å². The van der Waals surface area contributed by atoms with Crippen LogP contribution in [0, 0.1) is 29.1 Å². The van der Waals surface area contributed by atoms with Crippen LogP contribution in [0.3, 0.4) is 0 Å². The molecule has 160 valence electrons. The third kappa shape index (κ3) is 4.03. The van der Waals surface area contributed by atoms with E-state index in [1.165, 1.54) is 19.3 Å². The number of nitriles is 1. The van der Waals surface area contributed by atoms with Gasteiger partial charge in [0.1, 0.15) is 0 Å². The van der Waals surface area contributed by atoms with E-state index in [1.54, 1.807) is 12.1 Å². The maximum Gasteiger partial charge on any atom is 0.338 e. The fourth-order valence-electron chi connectivity index (χ4n) is 6.38. The highest BCUT2D eigenvalue weighted by atomic mass is 16.5. The molecule has 6 nitrogen and oxygen atoms in total. The molecule has 4 saturated carbocycles. The Morgan fingerprint density at radius 3 is 2.33 bits per heavy atom. The van der Waals surface area contributed by atoms with Gasteiger partial charge in [-0.2, -0.15) is 5.26 Å². The Balaban J connectivity index is 1.45. The van der Waals surface area contributed by atoms with E-state index < -0.39 is 5.97 Å². The number of benzene rings is 1. The molecule has 0 atom stereocenters. The molecule has 30 heavy (non-hydrogen) atoms. The molecular weight excluding hydrogens is 378 g/mol. The monoisotopic (exact) mass is 409 g/mol. The van der Waals surface area contributed by atoms with Crippen molar-refractivity contribution >= 4 is 17.6 Å². The molecule has 0 aromatic heterocycles. The Morgan fingerprint density at radius 2 is 1.77 bits per heavy atom. The molecule has 0 radical (unpaired) electrons. The topological polar surface area (TPSA) is 73.6 Å². The van der Waals surface area contributed by atoms with Crippen molar-refractivity contribution in [2.45, 2.75) is 50.5 Å². The smallest absolute Gasteiger partial charge is 0.338 e. The molecule has 4 aliphatic rings. The lowest BCUT2D eigenvalue weighted by molar-refractivity contribution is -0.153. The van der Waals surface area contributed by atoms with Gasteiger partial charge in [0, 0.05) is 31.9 Å². The number of nitrogens with zero attached hydrogens (tertiary/aromatic N) is 3. The predicted molar refractivity (Wildman–Crippen MR) is 114 cm³/mol. The number of amides is 1. The second-order valence-electron chi connectivity index (χ2n) is 9.62. The average molecular weight is 410 g/mol. The Bertz CT molecular complexity index is 822. The van der Waals surface area contributed by atoms with Crippen LogP contribution in [0.15, 0.2) is 24.3 Å². The number of esters is 1. The molecule has 0 unspecified atom stereocenters. The maximum atomic E-state index is 13.2. The highest BCUT2D eigenvalue weighted by molar-refractivity contribution is 5.92. The van der Waals surface area contributed by atoms with Gasteiger partial charge in [0.2, 0.25) is 0 Å². The number of carbonyl (C=O) groups is 2. The summed E-state index contributed by atoms with van der Waals surface area (Å²) in [4.78, 5) is 29.6. The summed E-state index contributed by atoms with van der Waals surface area (Å²) in [5.41, 5.74) is 1.20. The predicted octanol–water partition coefficient (Wildman–Crippen LogP) is 3.62. The summed E-state index contributed by atoms with van der Waals surface area (Å²) in [6, 6.07) is 9.37. The molecule has 1 aromatic carbocycles. The molecule has 4 aliphatic carbocycles. The molecule has 1 amide bonds. The van der Waals surface area contributed by atoms with E-state index in [2.05, 4.69) is 6.07 Å². The van der Waals surface area contributed by atoms with Crippen molar-refractivity contribution in [2.24, 2.45) is 17.8 Å². The van der Waals surface area contributed by atoms with E-state index >= 15 is 0 Å². The van der Waals surface area contributed by atoms with Crippen LogP contribution in [-0.4, -0.2) is 49.6 Å². The first-order chi connectivity index (χ1) is 14.4. The third-order valence-electron chi connectivity index (χ3n) is 7.25. The molecule has 0 heterocycles. The van der Waals surface area contributed by atoms with Gasteiger partial charge in [-0.3, -0.25) is 4.79 Å². The second-order valence-corrected chi connectivity index (χ2v) is 9.62. The summed E-state index contributed by atoms with van der Waals surface area (Å²) in [6.07, 6.45) is 7.29.